The summed E-state index contributed by atoms with van der Waals surface area (Å²) in [4.78, 5) is 13.5. The minimum absolute atomic E-state index is 0.0104. The third kappa shape index (κ3) is 5.51. The van der Waals surface area contributed by atoms with Crippen molar-refractivity contribution in [1.29, 1.82) is 0 Å². The van der Waals surface area contributed by atoms with Crippen LogP contribution in [0.25, 0.3) is 0 Å². The molecule has 0 radical (unpaired) electrons. The zero-order chi connectivity index (χ0) is 14.7. The molecule has 0 saturated heterocycles. The molecule has 1 fully saturated rings. The van der Waals surface area contributed by atoms with Gasteiger partial charge in [-0.2, -0.15) is 11.8 Å². The second-order valence-corrected chi connectivity index (χ2v) is 7.66. The quantitative estimate of drug-likeness (QED) is 0.668. The topological polar surface area (TPSA) is 20.3 Å². The summed E-state index contributed by atoms with van der Waals surface area (Å²) >= 11 is 1.80. The monoisotopic (exact) mass is 291 g/mol. The largest absolute Gasteiger partial charge is 0.341 e. The molecule has 0 bridgehead atoms. The van der Waals surface area contributed by atoms with Crippen LogP contribution >= 0.6 is 11.8 Å². The maximum absolute atomic E-state index is 12.7. The van der Waals surface area contributed by atoms with Gasteiger partial charge in [-0.25, -0.2) is 8.78 Å². The molecule has 1 unspecified atom stereocenters. The molecule has 1 saturated carbocycles. The molecular formula is C14H23F2NOS. The zero-order valence-electron chi connectivity index (χ0n) is 12.1. The summed E-state index contributed by atoms with van der Waals surface area (Å²) < 4.78 is 25.3. The smallest absolute Gasteiger partial charge is 0.251 e. The van der Waals surface area contributed by atoms with Crippen LogP contribution in [0.1, 0.15) is 33.6 Å². The van der Waals surface area contributed by atoms with Crippen LogP contribution in [0.15, 0.2) is 12.2 Å². The Balaban J connectivity index is 2.34. The van der Waals surface area contributed by atoms with E-state index in [-0.39, 0.29) is 17.1 Å². The predicted octanol–water partition coefficient (Wildman–Crippen LogP) is 3.58. The third-order valence-electron chi connectivity index (χ3n) is 3.17. The maximum Gasteiger partial charge on any atom is 0.251 e. The molecular weight excluding hydrogens is 268 g/mol. The van der Waals surface area contributed by atoms with Gasteiger partial charge < -0.3 is 4.90 Å². The van der Waals surface area contributed by atoms with Gasteiger partial charge in [0.25, 0.3) is 5.92 Å². The van der Waals surface area contributed by atoms with E-state index in [2.05, 4.69) is 20.8 Å². The molecule has 0 spiro atoms. The van der Waals surface area contributed by atoms with E-state index in [1.807, 2.05) is 0 Å². The Morgan fingerprint density at radius 2 is 2.11 bits per heavy atom. The van der Waals surface area contributed by atoms with Crippen LogP contribution in [-0.2, 0) is 4.79 Å². The SMILES string of the molecule is CCSC(C)(C)CN(C)C(=O)/C=C/CC1CC1(F)F. The Hall–Kier alpha value is -0.580. The number of allylic oxidation sites excluding steroid dienone is 1. The summed E-state index contributed by atoms with van der Waals surface area (Å²) in [7, 11) is 1.75. The fourth-order valence-electron chi connectivity index (χ4n) is 2.07. The lowest BCUT2D eigenvalue weighted by atomic mass is 10.2. The normalized spacial score (nSPS) is 21.7. The number of likely N-dealkylation sites (N-methyl/N-ethyl adjacent to an activating group) is 1. The predicted molar refractivity (Wildman–Crippen MR) is 76.7 cm³/mol. The number of carbonyl (C=O) groups is 1. The lowest BCUT2D eigenvalue weighted by Crippen LogP contribution is -2.37. The van der Waals surface area contributed by atoms with Crippen molar-refractivity contribution in [3.8, 4) is 0 Å². The van der Waals surface area contributed by atoms with Crippen LogP contribution < -0.4 is 0 Å². The van der Waals surface area contributed by atoms with Gasteiger partial charge in [-0.05, 0) is 32.1 Å². The van der Waals surface area contributed by atoms with Gasteiger partial charge in [-0.15, -0.1) is 0 Å². The van der Waals surface area contributed by atoms with Crippen molar-refractivity contribution in [2.24, 2.45) is 5.92 Å². The molecule has 19 heavy (non-hydrogen) atoms. The number of alkyl halides is 2. The van der Waals surface area contributed by atoms with Crippen molar-refractivity contribution in [3.63, 3.8) is 0 Å². The van der Waals surface area contributed by atoms with Gasteiger partial charge in [0.05, 0.1) is 0 Å². The first-order valence-corrected chi connectivity index (χ1v) is 7.60. The molecule has 0 aromatic heterocycles. The Kier molecular flexibility index (Phi) is 5.42. The first kappa shape index (κ1) is 16.5. The highest BCUT2D eigenvalue weighted by atomic mass is 32.2. The van der Waals surface area contributed by atoms with Crippen LogP contribution in [0.4, 0.5) is 8.78 Å². The average molecular weight is 291 g/mol. The van der Waals surface area contributed by atoms with Crippen molar-refractivity contribution < 1.29 is 13.6 Å². The standard InChI is InChI=1S/C14H23F2NOS/c1-5-19-13(2,3)10-17(4)12(18)8-6-7-11-9-14(11,15)16/h6,8,11H,5,7,9-10H2,1-4H3/b8-6+. The molecule has 1 rings (SSSR count). The number of carbonyl (C=O) groups excluding carboxylic acids is 1. The molecule has 1 amide bonds. The highest BCUT2D eigenvalue weighted by Crippen LogP contribution is 2.50. The van der Waals surface area contributed by atoms with Crippen LogP contribution in [0.5, 0.6) is 0 Å². The summed E-state index contributed by atoms with van der Waals surface area (Å²) in [5.74, 6) is -2.18. The van der Waals surface area contributed by atoms with Crippen LogP contribution in [0.2, 0.25) is 0 Å². The summed E-state index contributed by atoms with van der Waals surface area (Å²) in [5.41, 5.74) is 0. The zero-order valence-corrected chi connectivity index (χ0v) is 12.9. The van der Waals surface area contributed by atoms with Crippen molar-refractivity contribution in [2.45, 2.75) is 44.3 Å². The number of hydrogen-bond acceptors (Lipinski definition) is 2. The van der Waals surface area contributed by atoms with Gasteiger partial charge in [-0.3, -0.25) is 4.79 Å². The molecule has 0 aliphatic heterocycles. The molecule has 0 N–H and O–H groups in total. The van der Waals surface area contributed by atoms with Crippen LogP contribution in [0.3, 0.4) is 0 Å². The number of thioether (sulfide) groups is 1. The molecule has 2 nitrogen and oxygen atoms in total. The fourth-order valence-corrected chi connectivity index (χ4v) is 3.14. The van der Waals surface area contributed by atoms with Crippen molar-refractivity contribution >= 4 is 17.7 Å². The van der Waals surface area contributed by atoms with Gasteiger partial charge >= 0.3 is 0 Å². The maximum atomic E-state index is 12.7. The number of nitrogens with zero attached hydrogens (tertiary/aromatic N) is 1. The second-order valence-electron chi connectivity index (χ2n) is 5.69. The summed E-state index contributed by atoms with van der Waals surface area (Å²) in [5, 5.41) is 0. The van der Waals surface area contributed by atoms with Crippen LogP contribution in [-0.4, -0.2) is 40.8 Å². The molecule has 0 aromatic carbocycles. The number of rotatable bonds is 7. The summed E-state index contributed by atoms with van der Waals surface area (Å²) in [6.45, 7) is 6.93. The fraction of sp³-hybridized carbons (Fsp3) is 0.786. The van der Waals surface area contributed by atoms with Crippen molar-refractivity contribution in [1.82, 2.24) is 4.90 Å². The van der Waals surface area contributed by atoms with E-state index in [0.29, 0.717) is 13.0 Å². The average Bonchev–Trinajstić information content (AvgIpc) is 2.85. The minimum Gasteiger partial charge on any atom is -0.341 e. The third-order valence-corrected chi connectivity index (χ3v) is 4.37. The molecule has 0 aromatic rings. The van der Waals surface area contributed by atoms with Gasteiger partial charge in [0.15, 0.2) is 0 Å². The summed E-state index contributed by atoms with van der Waals surface area (Å²) in [6, 6.07) is 0. The molecule has 0 heterocycles. The molecule has 1 aliphatic rings. The minimum atomic E-state index is -2.50. The van der Waals surface area contributed by atoms with E-state index in [0.717, 1.165) is 5.75 Å². The first-order chi connectivity index (χ1) is 8.68. The molecule has 1 atom stereocenters. The Morgan fingerprint density at radius 1 is 1.53 bits per heavy atom. The second kappa shape index (κ2) is 6.25. The van der Waals surface area contributed by atoms with Gasteiger partial charge in [0.1, 0.15) is 0 Å². The Labute approximate surface area is 118 Å². The van der Waals surface area contributed by atoms with E-state index in [9.17, 15) is 13.6 Å². The molecule has 5 heteroatoms. The van der Waals surface area contributed by atoms with E-state index in [1.54, 1.807) is 29.8 Å². The van der Waals surface area contributed by atoms with Crippen molar-refractivity contribution in [2.75, 3.05) is 19.3 Å². The highest BCUT2D eigenvalue weighted by Gasteiger charge is 2.55. The van der Waals surface area contributed by atoms with E-state index >= 15 is 0 Å². The first-order valence-electron chi connectivity index (χ1n) is 6.61. The van der Waals surface area contributed by atoms with Crippen LogP contribution in [0, 0.1) is 5.92 Å². The lowest BCUT2D eigenvalue weighted by molar-refractivity contribution is -0.125. The van der Waals surface area contributed by atoms with E-state index in [4.69, 9.17) is 0 Å². The van der Waals surface area contributed by atoms with E-state index < -0.39 is 11.8 Å². The number of hydrogen-bond donors (Lipinski definition) is 0. The highest BCUT2D eigenvalue weighted by molar-refractivity contribution is 8.00. The number of halogens is 2. The van der Waals surface area contributed by atoms with Crippen molar-refractivity contribution in [3.05, 3.63) is 12.2 Å². The molecule has 110 valence electrons. The van der Waals surface area contributed by atoms with Gasteiger partial charge in [-0.1, -0.05) is 13.0 Å². The lowest BCUT2D eigenvalue weighted by Gasteiger charge is -2.29. The number of amides is 1. The van der Waals surface area contributed by atoms with E-state index in [1.165, 1.54) is 6.08 Å². The summed E-state index contributed by atoms with van der Waals surface area (Å²) in [6.07, 6.45) is 3.24. The Morgan fingerprint density at radius 3 is 2.58 bits per heavy atom. The Bertz CT molecular complexity index is 355. The van der Waals surface area contributed by atoms with Gasteiger partial charge in [0.2, 0.25) is 5.91 Å². The van der Waals surface area contributed by atoms with Gasteiger partial charge in [0, 0.05) is 30.7 Å². The molecule has 1 aliphatic carbocycles.